The van der Waals surface area contributed by atoms with Crippen molar-refractivity contribution < 1.29 is 14.1 Å². The number of carbonyl (C=O) groups excluding carboxylic acids is 1. The number of nitrogens with zero attached hydrogens (tertiary/aromatic N) is 2. The van der Waals surface area contributed by atoms with Gasteiger partial charge in [-0.3, -0.25) is 4.79 Å². The first-order valence-electron chi connectivity index (χ1n) is 5.26. The van der Waals surface area contributed by atoms with E-state index in [1.165, 1.54) is 0 Å². The Morgan fingerprint density at radius 2 is 2.44 bits per heavy atom. The standard InChI is InChI=1S/C10H11BrN2O3/c11-9-3-6(16-12-9)4-13-7(8-5-15-8)1-2-10(13)14/h3,7-8H,1-2,4-5H2/t7-,8-/m0/s1. The fraction of sp³-hybridized carbons (Fsp3) is 0.600. The number of carbonyl (C=O) groups is 1. The van der Waals surface area contributed by atoms with Crippen LogP contribution in [-0.2, 0) is 16.1 Å². The summed E-state index contributed by atoms with van der Waals surface area (Å²) in [4.78, 5) is 13.6. The molecular weight excluding hydrogens is 276 g/mol. The fourth-order valence-corrected chi connectivity index (χ4v) is 2.48. The number of likely N-dealkylation sites (tertiary alicyclic amines) is 1. The molecule has 2 aliphatic rings. The summed E-state index contributed by atoms with van der Waals surface area (Å²) < 4.78 is 11.0. The molecule has 3 heterocycles. The lowest BCUT2D eigenvalue weighted by Crippen LogP contribution is -2.35. The van der Waals surface area contributed by atoms with Gasteiger partial charge in [0, 0.05) is 12.5 Å². The zero-order valence-electron chi connectivity index (χ0n) is 8.56. The topological polar surface area (TPSA) is 58.9 Å². The quantitative estimate of drug-likeness (QED) is 0.787. The third-order valence-corrected chi connectivity index (χ3v) is 3.39. The summed E-state index contributed by atoms with van der Waals surface area (Å²) in [5.41, 5.74) is 0. The molecule has 1 amide bonds. The van der Waals surface area contributed by atoms with E-state index in [2.05, 4.69) is 21.1 Å². The van der Waals surface area contributed by atoms with Crippen LogP contribution in [0.4, 0.5) is 0 Å². The molecule has 0 saturated carbocycles. The highest BCUT2D eigenvalue weighted by molar-refractivity contribution is 9.10. The van der Waals surface area contributed by atoms with E-state index in [-0.39, 0.29) is 18.1 Å². The highest BCUT2D eigenvalue weighted by atomic mass is 79.9. The fourth-order valence-electron chi connectivity index (χ4n) is 2.16. The maximum atomic E-state index is 11.7. The van der Waals surface area contributed by atoms with Gasteiger partial charge in [-0.1, -0.05) is 5.16 Å². The number of rotatable bonds is 3. The van der Waals surface area contributed by atoms with E-state index < -0.39 is 0 Å². The lowest BCUT2D eigenvalue weighted by molar-refractivity contribution is -0.130. The van der Waals surface area contributed by atoms with Crippen molar-refractivity contribution in [1.82, 2.24) is 10.1 Å². The van der Waals surface area contributed by atoms with Gasteiger partial charge < -0.3 is 14.2 Å². The van der Waals surface area contributed by atoms with Gasteiger partial charge in [0.25, 0.3) is 0 Å². The molecule has 0 N–H and O–H groups in total. The van der Waals surface area contributed by atoms with E-state index >= 15 is 0 Å². The predicted molar refractivity (Wildman–Crippen MR) is 57.5 cm³/mol. The molecular formula is C10H11BrN2O3. The Hall–Kier alpha value is -0.880. The SMILES string of the molecule is O=C1CC[C@@H]([C@@H]2CO2)N1Cc1cc(Br)no1. The molecule has 0 aromatic carbocycles. The third-order valence-electron chi connectivity index (χ3n) is 3.02. The van der Waals surface area contributed by atoms with Crippen LogP contribution >= 0.6 is 15.9 Å². The molecule has 2 atom stereocenters. The van der Waals surface area contributed by atoms with Gasteiger partial charge in [0.15, 0.2) is 5.76 Å². The zero-order chi connectivity index (χ0) is 11.1. The lowest BCUT2D eigenvalue weighted by Gasteiger charge is -2.21. The molecule has 0 unspecified atom stereocenters. The van der Waals surface area contributed by atoms with Gasteiger partial charge in [0.2, 0.25) is 5.91 Å². The van der Waals surface area contributed by atoms with E-state index in [1.807, 2.05) is 4.90 Å². The first-order valence-corrected chi connectivity index (χ1v) is 6.05. The van der Waals surface area contributed by atoms with Gasteiger partial charge >= 0.3 is 0 Å². The van der Waals surface area contributed by atoms with Crippen molar-refractivity contribution in [1.29, 1.82) is 0 Å². The number of amides is 1. The van der Waals surface area contributed by atoms with E-state index in [0.717, 1.165) is 13.0 Å². The highest BCUT2D eigenvalue weighted by Gasteiger charge is 2.43. The van der Waals surface area contributed by atoms with Gasteiger partial charge in [-0.15, -0.1) is 0 Å². The smallest absolute Gasteiger partial charge is 0.223 e. The van der Waals surface area contributed by atoms with Gasteiger partial charge in [-0.25, -0.2) is 0 Å². The Kier molecular flexibility index (Phi) is 2.48. The van der Waals surface area contributed by atoms with Crippen LogP contribution in [0.15, 0.2) is 15.2 Å². The van der Waals surface area contributed by atoms with Crippen molar-refractivity contribution in [3.63, 3.8) is 0 Å². The summed E-state index contributed by atoms with van der Waals surface area (Å²) in [7, 11) is 0. The second-order valence-electron chi connectivity index (χ2n) is 4.12. The number of hydrogen-bond donors (Lipinski definition) is 0. The second-order valence-corrected chi connectivity index (χ2v) is 4.93. The molecule has 0 spiro atoms. The maximum Gasteiger partial charge on any atom is 0.223 e. The summed E-state index contributed by atoms with van der Waals surface area (Å²) in [6.45, 7) is 1.26. The highest BCUT2D eigenvalue weighted by Crippen LogP contribution is 2.30. The van der Waals surface area contributed by atoms with E-state index in [0.29, 0.717) is 23.3 Å². The second kappa shape index (κ2) is 3.85. The number of halogens is 1. The lowest BCUT2D eigenvalue weighted by atomic mass is 10.1. The van der Waals surface area contributed by atoms with Crippen molar-refractivity contribution in [3.8, 4) is 0 Å². The summed E-state index contributed by atoms with van der Waals surface area (Å²) in [6.07, 6.45) is 1.73. The Labute approximate surface area is 101 Å². The van der Waals surface area contributed by atoms with Crippen LogP contribution in [0.25, 0.3) is 0 Å². The molecule has 2 fully saturated rings. The predicted octanol–water partition coefficient (Wildman–Crippen LogP) is 1.33. The monoisotopic (exact) mass is 286 g/mol. The number of hydrogen-bond acceptors (Lipinski definition) is 4. The molecule has 86 valence electrons. The third kappa shape index (κ3) is 1.87. The Bertz CT molecular complexity index is 416. The average molecular weight is 287 g/mol. The van der Waals surface area contributed by atoms with Crippen molar-refractivity contribution in [2.75, 3.05) is 6.61 Å². The Morgan fingerprint density at radius 3 is 3.06 bits per heavy atom. The number of epoxide rings is 1. The first-order chi connectivity index (χ1) is 7.74. The van der Waals surface area contributed by atoms with Crippen molar-refractivity contribution in [2.45, 2.75) is 31.5 Å². The number of aromatic nitrogens is 1. The molecule has 0 radical (unpaired) electrons. The van der Waals surface area contributed by atoms with Crippen LogP contribution in [0.5, 0.6) is 0 Å². The molecule has 3 rings (SSSR count). The van der Waals surface area contributed by atoms with Gasteiger partial charge in [0.1, 0.15) is 10.7 Å². The molecule has 6 heteroatoms. The molecule has 1 aromatic rings. The molecule has 0 aliphatic carbocycles. The average Bonchev–Trinajstić information content (AvgIpc) is 2.93. The van der Waals surface area contributed by atoms with Crippen molar-refractivity contribution >= 4 is 21.8 Å². The maximum absolute atomic E-state index is 11.7. The summed E-state index contributed by atoms with van der Waals surface area (Å²) in [5, 5.41) is 3.74. The normalized spacial score (nSPS) is 28.8. The summed E-state index contributed by atoms with van der Waals surface area (Å²) in [5.74, 6) is 0.876. The van der Waals surface area contributed by atoms with Gasteiger partial charge in [-0.2, -0.15) is 0 Å². The summed E-state index contributed by atoms with van der Waals surface area (Å²) >= 11 is 3.22. The van der Waals surface area contributed by atoms with Crippen LogP contribution in [0.3, 0.4) is 0 Å². The Morgan fingerprint density at radius 1 is 1.62 bits per heavy atom. The molecule has 1 aromatic heterocycles. The van der Waals surface area contributed by atoms with Crippen LogP contribution in [-0.4, -0.2) is 34.7 Å². The van der Waals surface area contributed by atoms with Crippen molar-refractivity contribution in [3.05, 3.63) is 16.4 Å². The Balaban J connectivity index is 1.74. The zero-order valence-corrected chi connectivity index (χ0v) is 10.1. The minimum absolute atomic E-state index is 0.174. The molecule has 16 heavy (non-hydrogen) atoms. The summed E-state index contributed by atoms with van der Waals surface area (Å²) in [6, 6.07) is 2.01. The van der Waals surface area contributed by atoms with E-state index in [9.17, 15) is 4.79 Å². The largest absolute Gasteiger partial charge is 0.371 e. The van der Waals surface area contributed by atoms with Crippen LogP contribution in [0.2, 0.25) is 0 Å². The van der Waals surface area contributed by atoms with E-state index in [4.69, 9.17) is 9.26 Å². The minimum Gasteiger partial charge on any atom is -0.371 e. The molecule has 2 aliphatic heterocycles. The molecule has 0 bridgehead atoms. The number of ether oxygens (including phenoxy) is 1. The minimum atomic E-state index is 0.174. The van der Waals surface area contributed by atoms with E-state index in [1.54, 1.807) is 6.07 Å². The molecule has 2 saturated heterocycles. The van der Waals surface area contributed by atoms with Crippen LogP contribution < -0.4 is 0 Å². The van der Waals surface area contributed by atoms with Gasteiger partial charge in [0.05, 0.1) is 19.2 Å². The molecule has 5 nitrogen and oxygen atoms in total. The van der Waals surface area contributed by atoms with Crippen molar-refractivity contribution in [2.24, 2.45) is 0 Å². The van der Waals surface area contributed by atoms with Crippen LogP contribution in [0.1, 0.15) is 18.6 Å². The van der Waals surface area contributed by atoms with Gasteiger partial charge in [-0.05, 0) is 22.4 Å². The van der Waals surface area contributed by atoms with Crippen LogP contribution in [0, 0.1) is 0 Å². The first kappa shape index (κ1) is 10.3.